The van der Waals surface area contributed by atoms with Crippen LogP contribution >= 0.6 is 15.9 Å². The molecule has 1 saturated carbocycles. The van der Waals surface area contributed by atoms with E-state index in [2.05, 4.69) is 53.1 Å². The van der Waals surface area contributed by atoms with E-state index in [-0.39, 0.29) is 0 Å². The normalized spacial score (nSPS) is 25.0. The predicted octanol–water partition coefficient (Wildman–Crippen LogP) is 4.83. The lowest BCUT2D eigenvalue weighted by Gasteiger charge is -2.41. The van der Waals surface area contributed by atoms with Crippen LogP contribution in [0.25, 0.3) is 0 Å². The number of hydrogen-bond donors (Lipinski definition) is 1. The van der Waals surface area contributed by atoms with Gasteiger partial charge in [0, 0.05) is 16.9 Å². The number of hydrogen-bond acceptors (Lipinski definition) is 2. The summed E-state index contributed by atoms with van der Waals surface area (Å²) < 4.78 is 1.09. The van der Waals surface area contributed by atoms with Crippen molar-refractivity contribution in [2.45, 2.75) is 52.9 Å². The maximum Gasteiger partial charge on any atom is 0.0410 e. The molecule has 0 radical (unpaired) electrons. The molecule has 2 unspecified atom stereocenters. The molecular formula is C18H29BrN2. The van der Waals surface area contributed by atoms with Gasteiger partial charge in [0.2, 0.25) is 0 Å². The summed E-state index contributed by atoms with van der Waals surface area (Å²) in [6.07, 6.45) is 10.3. The Morgan fingerprint density at radius 3 is 2.86 bits per heavy atom. The smallest absolute Gasteiger partial charge is 0.0410 e. The Bertz CT molecular complexity index is 445. The molecule has 1 heterocycles. The van der Waals surface area contributed by atoms with E-state index >= 15 is 0 Å². The third-order valence-corrected chi connectivity index (χ3v) is 5.20. The fraction of sp³-hybridized carbons (Fsp3) is 0.722. The Hall–Kier alpha value is -0.410. The Labute approximate surface area is 138 Å². The molecule has 1 aliphatic rings. The summed E-state index contributed by atoms with van der Waals surface area (Å²) in [6, 6.07) is 2.23. The second-order valence-electron chi connectivity index (χ2n) is 7.35. The third-order valence-electron chi connectivity index (χ3n) is 4.77. The van der Waals surface area contributed by atoms with Gasteiger partial charge >= 0.3 is 0 Å². The van der Waals surface area contributed by atoms with E-state index in [0.717, 1.165) is 29.3 Å². The summed E-state index contributed by atoms with van der Waals surface area (Å²) >= 11 is 3.54. The summed E-state index contributed by atoms with van der Waals surface area (Å²) in [7, 11) is 0. The average Bonchev–Trinajstić information content (AvgIpc) is 2.41. The van der Waals surface area contributed by atoms with Gasteiger partial charge in [-0.1, -0.05) is 20.8 Å². The molecule has 0 spiro atoms. The second kappa shape index (κ2) is 7.73. The van der Waals surface area contributed by atoms with Crippen LogP contribution in [0.2, 0.25) is 0 Å². The molecule has 0 saturated heterocycles. The molecule has 1 aromatic rings. The first-order chi connectivity index (χ1) is 10.00. The molecule has 0 aromatic carbocycles. The maximum atomic E-state index is 4.32. The summed E-state index contributed by atoms with van der Waals surface area (Å²) in [5, 5.41) is 3.63. The molecule has 1 fully saturated rings. The topological polar surface area (TPSA) is 24.9 Å². The third kappa shape index (κ3) is 5.37. The fourth-order valence-electron chi connectivity index (χ4n) is 3.63. The number of pyridine rings is 1. The van der Waals surface area contributed by atoms with E-state index in [9.17, 15) is 0 Å². The molecule has 0 amide bonds. The van der Waals surface area contributed by atoms with Crippen molar-refractivity contribution in [2.75, 3.05) is 13.1 Å². The number of nitrogens with one attached hydrogen (secondary N) is 1. The standard InChI is InChI=1S/C18H29BrN2/c1-4-7-20-12-15-5-6-18(2,3)10-16(15)8-14-9-17(19)13-21-11-14/h9,11,13,15-16,20H,4-8,10,12H2,1-3H3. The summed E-state index contributed by atoms with van der Waals surface area (Å²) in [5.41, 5.74) is 1.86. The van der Waals surface area contributed by atoms with Gasteiger partial charge in [0.05, 0.1) is 0 Å². The molecule has 1 aliphatic carbocycles. The largest absolute Gasteiger partial charge is 0.316 e. The van der Waals surface area contributed by atoms with Crippen LogP contribution in [0.1, 0.15) is 52.0 Å². The second-order valence-corrected chi connectivity index (χ2v) is 8.26. The maximum absolute atomic E-state index is 4.32. The monoisotopic (exact) mass is 352 g/mol. The van der Waals surface area contributed by atoms with Crippen LogP contribution in [0.5, 0.6) is 0 Å². The van der Waals surface area contributed by atoms with Crippen LogP contribution in [0.15, 0.2) is 22.9 Å². The zero-order chi connectivity index (χ0) is 15.3. The van der Waals surface area contributed by atoms with Crippen LogP contribution in [0.4, 0.5) is 0 Å². The molecule has 2 nitrogen and oxygen atoms in total. The molecule has 2 rings (SSSR count). The summed E-state index contributed by atoms with van der Waals surface area (Å²) in [5.74, 6) is 1.58. The van der Waals surface area contributed by atoms with E-state index < -0.39 is 0 Å². The molecular weight excluding hydrogens is 324 g/mol. The van der Waals surface area contributed by atoms with Crippen molar-refractivity contribution in [3.05, 3.63) is 28.5 Å². The van der Waals surface area contributed by atoms with Gasteiger partial charge in [-0.05, 0) is 90.0 Å². The number of aromatic nitrogens is 1. The number of rotatable bonds is 6. The van der Waals surface area contributed by atoms with Gasteiger partial charge in [-0.15, -0.1) is 0 Å². The highest BCUT2D eigenvalue weighted by atomic mass is 79.9. The van der Waals surface area contributed by atoms with Gasteiger partial charge in [0.25, 0.3) is 0 Å². The molecule has 21 heavy (non-hydrogen) atoms. The summed E-state index contributed by atoms with van der Waals surface area (Å²) in [4.78, 5) is 4.32. The SMILES string of the molecule is CCCNCC1CCC(C)(C)CC1Cc1cncc(Br)c1. The van der Waals surface area contributed by atoms with Gasteiger partial charge in [0.15, 0.2) is 0 Å². The van der Waals surface area contributed by atoms with Crippen molar-refractivity contribution in [1.82, 2.24) is 10.3 Å². The van der Waals surface area contributed by atoms with E-state index in [1.165, 1.54) is 37.8 Å². The van der Waals surface area contributed by atoms with Crippen LogP contribution in [0, 0.1) is 17.3 Å². The quantitative estimate of drug-likeness (QED) is 0.741. The highest BCUT2D eigenvalue weighted by Gasteiger charge is 2.34. The first kappa shape index (κ1) is 17.0. The molecule has 0 bridgehead atoms. The number of nitrogens with zero attached hydrogens (tertiary/aromatic N) is 1. The lowest BCUT2D eigenvalue weighted by Crippen LogP contribution is -2.37. The van der Waals surface area contributed by atoms with Crippen LogP contribution in [0.3, 0.4) is 0 Å². The minimum absolute atomic E-state index is 0.491. The Kier molecular flexibility index (Phi) is 6.24. The fourth-order valence-corrected chi connectivity index (χ4v) is 4.04. The van der Waals surface area contributed by atoms with E-state index in [4.69, 9.17) is 0 Å². The molecule has 1 N–H and O–H groups in total. The first-order valence-electron chi connectivity index (χ1n) is 8.30. The lowest BCUT2D eigenvalue weighted by molar-refractivity contribution is 0.116. The van der Waals surface area contributed by atoms with Gasteiger partial charge in [0.1, 0.15) is 0 Å². The van der Waals surface area contributed by atoms with E-state index in [1.807, 2.05) is 12.4 Å². The average molecular weight is 353 g/mol. The Morgan fingerprint density at radius 1 is 1.33 bits per heavy atom. The predicted molar refractivity (Wildman–Crippen MR) is 93.4 cm³/mol. The van der Waals surface area contributed by atoms with Gasteiger partial charge in [-0.25, -0.2) is 0 Å². The van der Waals surface area contributed by atoms with Crippen molar-refractivity contribution in [2.24, 2.45) is 17.3 Å². The minimum Gasteiger partial charge on any atom is -0.316 e. The molecule has 2 atom stereocenters. The van der Waals surface area contributed by atoms with Crippen molar-refractivity contribution in [3.8, 4) is 0 Å². The summed E-state index contributed by atoms with van der Waals surface area (Å²) in [6.45, 7) is 9.41. The van der Waals surface area contributed by atoms with Crippen molar-refractivity contribution < 1.29 is 0 Å². The van der Waals surface area contributed by atoms with Gasteiger partial charge in [-0.2, -0.15) is 0 Å². The zero-order valence-corrected chi connectivity index (χ0v) is 15.2. The lowest BCUT2D eigenvalue weighted by atomic mass is 9.65. The number of halogens is 1. The molecule has 1 aromatic heterocycles. The highest BCUT2D eigenvalue weighted by Crippen LogP contribution is 2.43. The molecule has 118 valence electrons. The van der Waals surface area contributed by atoms with Crippen LogP contribution < -0.4 is 5.32 Å². The Balaban J connectivity index is 2.02. The highest BCUT2D eigenvalue weighted by molar-refractivity contribution is 9.10. The van der Waals surface area contributed by atoms with Crippen LogP contribution in [-0.2, 0) is 6.42 Å². The van der Waals surface area contributed by atoms with E-state index in [1.54, 1.807) is 0 Å². The van der Waals surface area contributed by atoms with Crippen molar-refractivity contribution >= 4 is 15.9 Å². The first-order valence-corrected chi connectivity index (χ1v) is 9.09. The van der Waals surface area contributed by atoms with Gasteiger partial charge < -0.3 is 5.32 Å². The van der Waals surface area contributed by atoms with Crippen molar-refractivity contribution in [1.29, 1.82) is 0 Å². The zero-order valence-electron chi connectivity index (χ0n) is 13.7. The molecule has 0 aliphatic heterocycles. The van der Waals surface area contributed by atoms with Crippen LogP contribution in [-0.4, -0.2) is 18.1 Å². The minimum atomic E-state index is 0.491. The van der Waals surface area contributed by atoms with Crippen molar-refractivity contribution in [3.63, 3.8) is 0 Å². The molecule has 3 heteroatoms. The van der Waals surface area contributed by atoms with Gasteiger partial charge in [-0.3, -0.25) is 4.98 Å². The van der Waals surface area contributed by atoms with E-state index in [0.29, 0.717) is 5.41 Å². The Morgan fingerprint density at radius 2 is 2.14 bits per heavy atom.